The van der Waals surface area contributed by atoms with Crippen molar-refractivity contribution < 1.29 is 4.79 Å². The molecule has 0 bridgehead atoms. The van der Waals surface area contributed by atoms with Crippen molar-refractivity contribution in [2.24, 2.45) is 5.92 Å². The molecule has 1 aromatic carbocycles. The Balaban J connectivity index is 1.50. The van der Waals surface area contributed by atoms with E-state index < -0.39 is 0 Å². The number of nitrogens with one attached hydrogen (secondary N) is 1. The molecule has 1 unspecified atom stereocenters. The standard InChI is InChI=1S/C25H33NO/c27-25(20-21-12-5-3-6-13-21)26-19-11-18-24(23-16-9-4-10-17-23)22-14-7-1-2-8-15-22/h1,4,7-10,14-17,21,24H,2-3,5-6,11-13,18-20H2,(H,26,27). The molecule has 1 fully saturated rings. The Morgan fingerprint density at radius 2 is 1.89 bits per heavy atom. The van der Waals surface area contributed by atoms with Crippen LogP contribution in [0.3, 0.4) is 0 Å². The van der Waals surface area contributed by atoms with E-state index in [1.807, 2.05) is 0 Å². The molecule has 0 saturated heterocycles. The average Bonchev–Trinajstić information content (AvgIpc) is 2.99. The summed E-state index contributed by atoms with van der Waals surface area (Å²) in [5.41, 5.74) is 2.72. The van der Waals surface area contributed by atoms with Gasteiger partial charge in [-0.3, -0.25) is 4.79 Å². The molecule has 2 nitrogen and oxygen atoms in total. The van der Waals surface area contributed by atoms with Crippen LogP contribution in [0, 0.1) is 5.92 Å². The maximum atomic E-state index is 12.2. The minimum absolute atomic E-state index is 0.245. The van der Waals surface area contributed by atoms with Gasteiger partial charge >= 0.3 is 0 Å². The van der Waals surface area contributed by atoms with Crippen LogP contribution in [0.4, 0.5) is 0 Å². The second-order valence-electron chi connectivity index (χ2n) is 7.90. The lowest BCUT2D eigenvalue weighted by atomic mass is 9.86. The van der Waals surface area contributed by atoms with Gasteiger partial charge in [-0.25, -0.2) is 0 Å². The molecule has 1 N–H and O–H groups in total. The molecule has 1 amide bonds. The lowest BCUT2D eigenvalue weighted by molar-refractivity contribution is -0.122. The van der Waals surface area contributed by atoms with Gasteiger partial charge in [0, 0.05) is 18.9 Å². The van der Waals surface area contributed by atoms with Crippen LogP contribution in [0.2, 0.25) is 0 Å². The normalized spacial score (nSPS) is 18.6. The van der Waals surface area contributed by atoms with Gasteiger partial charge in [-0.2, -0.15) is 0 Å². The van der Waals surface area contributed by atoms with Crippen LogP contribution < -0.4 is 5.32 Å². The van der Waals surface area contributed by atoms with Gasteiger partial charge in [0.1, 0.15) is 0 Å². The van der Waals surface area contributed by atoms with Gasteiger partial charge in [0.05, 0.1) is 0 Å². The van der Waals surface area contributed by atoms with Crippen LogP contribution in [-0.2, 0) is 4.79 Å². The molecule has 2 aliphatic carbocycles. The lowest BCUT2D eigenvalue weighted by Crippen LogP contribution is -2.27. The van der Waals surface area contributed by atoms with Crippen molar-refractivity contribution >= 4 is 5.91 Å². The Labute approximate surface area is 164 Å². The SMILES string of the molecule is O=C(CC1CCCCC1)NCCCC(C1=CC=CCC=C1)c1ccccc1. The molecule has 0 heterocycles. The van der Waals surface area contributed by atoms with Gasteiger partial charge in [0.15, 0.2) is 0 Å². The van der Waals surface area contributed by atoms with Crippen molar-refractivity contribution in [2.45, 2.75) is 63.7 Å². The highest BCUT2D eigenvalue weighted by Gasteiger charge is 2.18. The summed E-state index contributed by atoms with van der Waals surface area (Å²) in [7, 11) is 0. The first kappa shape index (κ1) is 19.7. The van der Waals surface area contributed by atoms with Crippen LogP contribution in [0.15, 0.2) is 66.3 Å². The maximum absolute atomic E-state index is 12.2. The Kier molecular flexibility index (Phi) is 7.95. The highest BCUT2D eigenvalue weighted by atomic mass is 16.1. The van der Waals surface area contributed by atoms with Gasteiger partial charge < -0.3 is 5.32 Å². The van der Waals surface area contributed by atoms with Crippen LogP contribution >= 0.6 is 0 Å². The first-order valence-corrected chi connectivity index (χ1v) is 10.7. The molecule has 3 rings (SSSR count). The fourth-order valence-electron chi connectivity index (χ4n) is 4.30. The molecule has 2 aliphatic rings. The van der Waals surface area contributed by atoms with Crippen molar-refractivity contribution in [3.8, 4) is 0 Å². The molecule has 1 saturated carbocycles. The summed E-state index contributed by atoms with van der Waals surface area (Å²) in [6.07, 6.45) is 21.3. The Morgan fingerprint density at radius 1 is 1.07 bits per heavy atom. The van der Waals surface area contributed by atoms with E-state index in [4.69, 9.17) is 0 Å². The molecule has 27 heavy (non-hydrogen) atoms. The molecule has 0 aliphatic heterocycles. The molecule has 1 atom stereocenters. The van der Waals surface area contributed by atoms with Crippen LogP contribution in [0.5, 0.6) is 0 Å². The van der Waals surface area contributed by atoms with E-state index in [9.17, 15) is 4.79 Å². The van der Waals surface area contributed by atoms with Gasteiger partial charge in [-0.15, -0.1) is 0 Å². The molecular formula is C25H33NO. The molecule has 1 aromatic rings. The number of hydrogen-bond donors (Lipinski definition) is 1. The second-order valence-corrected chi connectivity index (χ2v) is 7.90. The predicted octanol–water partition coefficient (Wildman–Crippen LogP) is 6.08. The van der Waals surface area contributed by atoms with E-state index in [2.05, 4.69) is 66.0 Å². The van der Waals surface area contributed by atoms with Crippen LogP contribution in [-0.4, -0.2) is 12.5 Å². The number of allylic oxidation sites excluding steroid dienone is 6. The number of rotatable bonds is 8. The van der Waals surface area contributed by atoms with Gasteiger partial charge in [0.2, 0.25) is 5.91 Å². The molecule has 0 spiro atoms. The smallest absolute Gasteiger partial charge is 0.220 e. The van der Waals surface area contributed by atoms with Crippen molar-refractivity contribution in [3.63, 3.8) is 0 Å². The van der Waals surface area contributed by atoms with E-state index in [0.29, 0.717) is 11.8 Å². The first-order chi connectivity index (χ1) is 13.3. The highest BCUT2D eigenvalue weighted by molar-refractivity contribution is 5.76. The second kappa shape index (κ2) is 10.9. The first-order valence-electron chi connectivity index (χ1n) is 10.7. The van der Waals surface area contributed by atoms with Crippen LogP contribution in [0.1, 0.15) is 69.3 Å². The third-order valence-corrected chi connectivity index (χ3v) is 5.80. The van der Waals surface area contributed by atoms with E-state index in [0.717, 1.165) is 32.2 Å². The minimum Gasteiger partial charge on any atom is -0.356 e. The zero-order valence-corrected chi connectivity index (χ0v) is 16.4. The predicted molar refractivity (Wildman–Crippen MR) is 114 cm³/mol. The number of amides is 1. The summed E-state index contributed by atoms with van der Waals surface area (Å²) < 4.78 is 0. The van der Waals surface area contributed by atoms with Crippen molar-refractivity contribution in [1.29, 1.82) is 0 Å². The Morgan fingerprint density at radius 3 is 2.70 bits per heavy atom. The lowest BCUT2D eigenvalue weighted by Gasteiger charge is -2.21. The van der Waals surface area contributed by atoms with Crippen molar-refractivity contribution in [2.75, 3.05) is 6.54 Å². The number of hydrogen-bond acceptors (Lipinski definition) is 1. The Hall–Kier alpha value is -2.09. The highest BCUT2D eigenvalue weighted by Crippen LogP contribution is 2.31. The third kappa shape index (κ3) is 6.53. The zero-order chi connectivity index (χ0) is 18.7. The topological polar surface area (TPSA) is 29.1 Å². The van der Waals surface area contributed by atoms with Gasteiger partial charge in [-0.05, 0) is 49.2 Å². The van der Waals surface area contributed by atoms with Crippen molar-refractivity contribution in [1.82, 2.24) is 5.32 Å². The average molecular weight is 364 g/mol. The van der Waals surface area contributed by atoms with E-state index in [1.165, 1.54) is 43.2 Å². The summed E-state index contributed by atoms with van der Waals surface area (Å²) in [5.74, 6) is 1.25. The molecule has 144 valence electrons. The molecule has 2 heteroatoms. The minimum atomic E-state index is 0.245. The number of benzene rings is 1. The largest absolute Gasteiger partial charge is 0.356 e. The summed E-state index contributed by atoms with van der Waals surface area (Å²) >= 11 is 0. The summed E-state index contributed by atoms with van der Waals surface area (Å²) in [5, 5.41) is 3.16. The molecule has 0 radical (unpaired) electrons. The zero-order valence-electron chi connectivity index (χ0n) is 16.4. The van der Waals surface area contributed by atoms with Gasteiger partial charge in [-0.1, -0.05) is 80.0 Å². The van der Waals surface area contributed by atoms with E-state index in [-0.39, 0.29) is 5.91 Å². The fourth-order valence-corrected chi connectivity index (χ4v) is 4.30. The molecule has 0 aromatic heterocycles. The van der Waals surface area contributed by atoms with E-state index >= 15 is 0 Å². The van der Waals surface area contributed by atoms with E-state index in [1.54, 1.807) is 0 Å². The summed E-state index contributed by atoms with van der Waals surface area (Å²) in [6.45, 7) is 0.779. The number of carbonyl (C=O) groups is 1. The Bertz CT molecular complexity index is 665. The van der Waals surface area contributed by atoms with Crippen molar-refractivity contribution in [3.05, 3.63) is 71.8 Å². The monoisotopic (exact) mass is 363 g/mol. The maximum Gasteiger partial charge on any atom is 0.220 e. The van der Waals surface area contributed by atoms with Crippen LogP contribution in [0.25, 0.3) is 0 Å². The molecular weight excluding hydrogens is 330 g/mol. The van der Waals surface area contributed by atoms with Gasteiger partial charge in [0.25, 0.3) is 0 Å². The number of carbonyl (C=O) groups excluding carboxylic acids is 1. The summed E-state index contributed by atoms with van der Waals surface area (Å²) in [6, 6.07) is 10.7. The quantitative estimate of drug-likeness (QED) is 0.557. The summed E-state index contributed by atoms with van der Waals surface area (Å²) in [4.78, 5) is 12.2. The third-order valence-electron chi connectivity index (χ3n) is 5.80. The fraction of sp³-hybridized carbons (Fsp3) is 0.480.